The number of rotatable bonds is 4. The SMILES string of the molecule is CN(C(=O)COc1ccc(Br)cc1F)[C@H]1CCNC1. The minimum absolute atomic E-state index is 0.0921. The second kappa shape index (κ2) is 6.34. The molecule has 0 aliphatic carbocycles. The molecule has 6 heteroatoms. The minimum Gasteiger partial charge on any atom is -0.481 e. The first-order valence-corrected chi connectivity index (χ1v) is 6.91. The molecule has 1 amide bonds. The number of hydrogen-bond acceptors (Lipinski definition) is 3. The average molecular weight is 331 g/mol. The van der Waals surface area contributed by atoms with Crippen molar-refractivity contribution in [2.24, 2.45) is 0 Å². The van der Waals surface area contributed by atoms with Crippen LogP contribution in [-0.4, -0.2) is 43.6 Å². The van der Waals surface area contributed by atoms with Crippen molar-refractivity contribution in [2.45, 2.75) is 12.5 Å². The lowest BCUT2D eigenvalue weighted by Crippen LogP contribution is -2.40. The van der Waals surface area contributed by atoms with Crippen LogP contribution in [0.25, 0.3) is 0 Å². The number of nitrogens with one attached hydrogen (secondary N) is 1. The van der Waals surface area contributed by atoms with Gasteiger partial charge < -0.3 is 15.0 Å². The maximum atomic E-state index is 13.5. The number of amides is 1. The maximum absolute atomic E-state index is 13.5. The van der Waals surface area contributed by atoms with Crippen LogP contribution in [0, 0.1) is 5.82 Å². The molecule has 0 aromatic heterocycles. The van der Waals surface area contributed by atoms with Crippen molar-refractivity contribution in [1.82, 2.24) is 10.2 Å². The van der Waals surface area contributed by atoms with Crippen molar-refractivity contribution in [2.75, 3.05) is 26.7 Å². The molecule has 0 unspecified atom stereocenters. The van der Waals surface area contributed by atoms with E-state index in [0.29, 0.717) is 4.47 Å². The van der Waals surface area contributed by atoms with Crippen LogP contribution in [0.3, 0.4) is 0 Å². The highest BCUT2D eigenvalue weighted by Crippen LogP contribution is 2.21. The number of halogens is 2. The first-order chi connectivity index (χ1) is 9.08. The van der Waals surface area contributed by atoms with Crippen LogP contribution in [0.5, 0.6) is 5.75 Å². The summed E-state index contributed by atoms with van der Waals surface area (Å²) in [6.07, 6.45) is 0.939. The van der Waals surface area contributed by atoms with E-state index in [-0.39, 0.29) is 24.3 Å². The second-order valence-corrected chi connectivity index (χ2v) is 5.43. The van der Waals surface area contributed by atoms with E-state index < -0.39 is 5.82 Å². The number of carbonyl (C=O) groups excluding carboxylic acids is 1. The van der Waals surface area contributed by atoms with Gasteiger partial charge in [0.1, 0.15) is 0 Å². The van der Waals surface area contributed by atoms with E-state index >= 15 is 0 Å². The van der Waals surface area contributed by atoms with Gasteiger partial charge in [0, 0.05) is 24.1 Å². The average Bonchev–Trinajstić information content (AvgIpc) is 2.90. The Labute approximate surface area is 120 Å². The van der Waals surface area contributed by atoms with Gasteiger partial charge in [0.15, 0.2) is 18.2 Å². The molecule has 1 aliphatic heterocycles. The van der Waals surface area contributed by atoms with Gasteiger partial charge >= 0.3 is 0 Å². The van der Waals surface area contributed by atoms with Gasteiger partial charge in [-0.1, -0.05) is 15.9 Å². The number of hydrogen-bond donors (Lipinski definition) is 1. The quantitative estimate of drug-likeness (QED) is 0.915. The van der Waals surface area contributed by atoms with E-state index in [0.717, 1.165) is 19.5 Å². The summed E-state index contributed by atoms with van der Waals surface area (Å²) in [5, 5.41) is 3.20. The van der Waals surface area contributed by atoms with E-state index in [2.05, 4.69) is 21.2 Å². The Morgan fingerprint density at radius 3 is 3.05 bits per heavy atom. The van der Waals surface area contributed by atoms with Crippen molar-refractivity contribution < 1.29 is 13.9 Å². The Morgan fingerprint density at radius 1 is 1.63 bits per heavy atom. The summed E-state index contributed by atoms with van der Waals surface area (Å²) < 4.78 is 19.4. The van der Waals surface area contributed by atoms with Gasteiger partial charge in [0.2, 0.25) is 0 Å². The number of nitrogens with zero attached hydrogens (tertiary/aromatic N) is 1. The van der Waals surface area contributed by atoms with E-state index in [9.17, 15) is 9.18 Å². The molecule has 0 radical (unpaired) electrons. The molecule has 0 bridgehead atoms. The fourth-order valence-corrected chi connectivity index (χ4v) is 2.34. The van der Waals surface area contributed by atoms with Crippen LogP contribution < -0.4 is 10.1 Å². The molecule has 1 heterocycles. The number of carbonyl (C=O) groups is 1. The normalized spacial score (nSPS) is 18.4. The lowest BCUT2D eigenvalue weighted by molar-refractivity contribution is -0.133. The monoisotopic (exact) mass is 330 g/mol. The zero-order chi connectivity index (χ0) is 13.8. The smallest absolute Gasteiger partial charge is 0.260 e. The van der Waals surface area contributed by atoms with Crippen LogP contribution in [0.1, 0.15) is 6.42 Å². The fourth-order valence-electron chi connectivity index (χ4n) is 2.01. The van der Waals surface area contributed by atoms with Gasteiger partial charge in [-0.15, -0.1) is 0 Å². The Morgan fingerprint density at radius 2 is 2.42 bits per heavy atom. The number of benzene rings is 1. The summed E-state index contributed by atoms with van der Waals surface area (Å²) in [7, 11) is 1.75. The molecule has 1 atom stereocenters. The molecule has 0 spiro atoms. The van der Waals surface area contributed by atoms with Crippen molar-refractivity contribution >= 4 is 21.8 Å². The van der Waals surface area contributed by atoms with Gasteiger partial charge in [0.25, 0.3) is 5.91 Å². The number of likely N-dealkylation sites (N-methyl/N-ethyl adjacent to an activating group) is 1. The highest BCUT2D eigenvalue weighted by molar-refractivity contribution is 9.10. The Balaban J connectivity index is 1.89. The topological polar surface area (TPSA) is 41.6 Å². The van der Waals surface area contributed by atoms with Crippen molar-refractivity contribution in [3.05, 3.63) is 28.5 Å². The molecule has 1 aromatic rings. The summed E-state index contributed by atoms with van der Waals surface area (Å²) in [5.41, 5.74) is 0. The summed E-state index contributed by atoms with van der Waals surface area (Å²) in [4.78, 5) is 13.6. The van der Waals surface area contributed by atoms with E-state index in [1.807, 2.05) is 0 Å². The molecular formula is C13H16BrFN2O2. The molecule has 1 fully saturated rings. The van der Waals surface area contributed by atoms with Crippen LogP contribution in [0.15, 0.2) is 22.7 Å². The van der Waals surface area contributed by atoms with Gasteiger partial charge in [-0.25, -0.2) is 4.39 Å². The van der Waals surface area contributed by atoms with Crippen molar-refractivity contribution in [3.63, 3.8) is 0 Å². The van der Waals surface area contributed by atoms with E-state index in [1.54, 1.807) is 18.0 Å². The zero-order valence-electron chi connectivity index (χ0n) is 10.7. The summed E-state index contributed by atoms with van der Waals surface area (Å²) in [6.45, 7) is 1.57. The van der Waals surface area contributed by atoms with Crippen LogP contribution in [0.4, 0.5) is 4.39 Å². The van der Waals surface area contributed by atoms with Crippen molar-refractivity contribution in [1.29, 1.82) is 0 Å². The van der Waals surface area contributed by atoms with Crippen LogP contribution in [-0.2, 0) is 4.79 Å². The molecule has 2 rings (SSSR count). The Bertz CT molecular complexity index is 464. The standard InChI is InChI=1S/C13H16BrFN2O2/c1-17(10-4-5-16-7-10)13(18)8-19-12-3-2-9(14)6-11(12)15/h2-3,6,10,16H,4-5,7-8H2,1H3/t10-/m0/s1. The third-order valence-corrected chi connectivity index (χ3v) is 3.71. The second-order valence-electron chi connectivity index (χ2n) is 4.51. The van der Waals surface area contributed by atoms with Crippen LogP contribution in [0.2, 0.25) is 0 Å². The maximum Gasteiger partial charge on any atom is 0.260 e. The first kappa shape index (κ1) is 14.3. The van der Waals surface area contributed by atoms with Gasteiger partial charge in [0.05, 0.1) is 0 Å². The van der Waals surface area contributed by atoms with E-state index in [4.69, 9.17) is 4.74 Å². The number of ether oxygens (including phenoxy) is 1. The molecular weight excluding hydrogens is 315 g/mol. The zero-order valence-corrected chi connectivity index (χ0v) is 12.2. The summed E-state index contributed by atoms with van der Waals surface area (Å²) >= 11 is 3.17. The molecule has 1 aromatic carbocycles. The Kier molecular flexibility index (Phi) is 4.76. The third-order valence-electron chi connectivity index (χ3n) is 3.22. The lowest BCUT2D eigenvalue weighted by Gasteiger charge is -2.23. The lowest BCUT2D eigenvalue weighted by atomic mass is 10.2. The third kappa shape index (κ3) is 3.67. The summed E-state index contributed by atoms with van der Waals surface area (Å²) in [5.74, 6) is -0.530. The first-order valence-electron chi connectivity index (χ1n) is 6.12. The minimum atomic E-state index is -0.479. The van der Waals surface area contributed by atoms with E-state index in [1.165, 1.54) is 12.1 Å². The molecule has 4 nitrogen and oxygen atoms in total. The highest BCUT2D eigenvalue weighted by atomic mass is 79.9. The highest BCUT2D eigenvalue weighted by Gasteiger charge is 2.23. The summed E-state index contributed by atoms with van der Waals surface area (Å²) in [6, 6.07) is 4.69. The van der Waals surface area contributed by atoms with Gasteiger partial charge in [-0.05, 0) is 31.2 Å². The predicted molar refractivity (Wildman–Crippen MR) is 73.6 cm³/mol. The molecule has 19 heavy (non-hydrogen) atoms. The molecule has 1 N–H and O–H groups in total. The molecule has 0 saturated carbocycles. The molecule has 1 saturated heterocycles. The fraction of sp³-hybridized carbons (Fsp3) is 0.462. The Hall–Kier alpha value is -1.14. The predicted octanol–water partition coefficient (Wildman–Crippen LogP) is 1.79. The molecule has 104 valence electrons. The van der Waals surface area contributed by atoms with Crippen molar-refractivity contribution in [3.8, 4) is 5.75 Å². The van der Waals surface area contributed by atoms with Crippen LogP contribution >= 0.6 is 15.9 Å². The molecule has 1 aliphatic rings. The van der Waals surface area contributed by atoms with Gasteiger partial charge in [-0.3, -0.25) is 4.79 Å². The van der Waals surface area contributed by atoms with Gasteiger partial charge in [-0.2, -0.15) is 0 Å². The largest absolute Gasteiger partial charge is 0.481 e.